The quantitative estimate of drug-likeness (QED) is 0.337. The van der Waals surface area contributed by atoms with Crippen molar-refractivity contribution in [1.29, 1.82) is 0 Å². The first kappa shape index (κ1) is 31.5. The molecular formula is C34H54NOPS. The molecule has 1 aliphatic carbocycles. The van der Waals surface area contributed by atoms with Crippen LogP contribution in [0, 0.1) is 0 Å². The van der Waals surface area contributed by atoms with Crippen molar-refractivity contribution in [3.05, 3.63) is 64.7 Å². The van der Waals surface area contributed by atoms with Crippen molar-refractivity contribution in [2.75, 3.05) is 7.05 Å². The fraction of sp³-hybridized carbons (Fsp3) is 0.647. The number of hydrogen-bond acceptors (Lipinski definition) is 1. The van der Waals surface area contributed by atoms with E-state index in [1.165, 1.54) is 40.4 Å². The first-order valence-electron chi connectivity index (χ1n) is 14.3. The summed E-state index contributed by atoms with van der Waals surface area (Å²) < 4.78 is 15.8. The van der Waals surface area contributed by atoms with Crippen LogP contribution in [-0.4, -0.2) is 30.6 Å². The van der Waals surface area contributed by atoms with Crippen LogP contribution >= 0.6 is 7.92 Å². The third-order valence-corrected chi connectivity index (χ3v) is 13.5. The van der Waals surface area contributed by atoms with Gasteiger partial charge in [-0.15, -0.1) is 0 Å². The third kappa shape index (κ3) is 6.31. The molecule has 2 aromatic carbocycles. The predicted octanol–water partition coefficient (Wildman–Crippen LogP) is 9.22. The zero-order valence-corrected chi connectivity index (χ0v) is 28.5. The first-order chi connectivity index (χ1) is 17.1. The van der Waals surface area contributed by atoms with E-state index in [1.54, 1.807) is 0 Å². The van der Waals surface area contributed by atoms with Crippen LogP contribution in [0.4, 0.5) is 0 Å². The van der Waals surface area contributed by atoms with E-state index in [1.807, 2.05) is 0 Å². The Morgan fingerprint density at radius 2 is 1.29 bits per heavy atom. The van der Waals surface area contributed by atoms with Crippen LogP contribution in [0.2, 0.25) is 0 Å². The van der Waals surface area contributed by atoms with E-state index in [-0.39, 0.29) is 31.9 Å². The Balaban J connectivity index is 2.35. The number of nitrogens with zero attached hydrogens (tertiary/aromatic N) is 1. The zero-order chi connectivity index (χ0) is 29.1. The summed E-state index contributed by atoms with van der Waals surface area (Å²) in [5, 5.41) is 1.71. The van der Waals surface area contributed by atoms with Gasteiger partial charge < -0.3 is 0 Å². The molecule has 212 valence electrons. The minimum Gasteiger partial charge on any atom is -0.242 e. The highest BCUT2D eigenvalue weighted by Crippen LogP contribution is 2.59. The zero-order valence-electron chi connectivity index (χ0n) is 26.7. The van der Waals surface area contributed by atoms with E-state index in [2.05, 4.69) is 144 Å². The van der Waals surface area contributed by atoms with E-state index in [4.69, 9.17) is 0 Å². The molecule has 0 amide bonds. The number of fused-ring (bicyclic) bond motifs is 1. The molecule has 0 N–H and O–H groups in total. The molecule has 1 aliphatic rings. The van der Waals surface area contributed by atoms with Crippen LogP contribution in [0.15, 0.2) is 42.5 Å². The Kier molecular flexibility index (Phi) is 8.64. The maximum absolute atomic E-state index is 14.0. The van der Waals surface area contributed by atoms with Crippen LogP contribution in [0.3, 0.4) is 0 Å². The summed E-state index contributed by atoms with van der Waals surface area (Å²) in [7, 11) is 0.368. The standard InChI is InChI=1S/C34H54NOPS/c1-30(2,3)37(31(4,5)6)28-18-16-15-17-25(28)29(35(14)38(36)32(7,8)9)24-19-20-26-27(23-24)34(12,13)22-21-33(26,10)11/h15-20,23,29H,21-22H2,1-14H3/t29?,38-/m1/s1. The van der Waals surface area contributed by atoms with Crippen LogP contribution in [0.5, 0.6) is 0 Å². The number of benzene rings is 2. The average Bonchev–Trinajstić information content (AvgIpc) is 2.75. The lowest BCUT2D eigenvalue weighted by Crippen LogP contribution is -2.41. The lowest BCUT2D eigenvalue weighted by molar-refractivity contribution is 0.330. The predicted molar refractivity (Wildman–Crippen MR) is 172 cm³/mol. The van der Waals surface area contributed by atoms with E-state index < -0.39 is 18.9 Å². The van der Waals surface area contributed by atoms with Crippen molar-refractivity contribution >= 4 is 24.2 Å². The molecule has 2 atom stereocenters. The van der Waals surface area contributed by atoms with Gasteiger partial charge in [0.1, 0.15) is 11.0 Å². The topological polar surface area (TPSA) is 20.3 Å². The molecule has 0 radical (unpaired) electrons. The van der Waals surface area contributed by atoms with E-state index in [9.17, 15) is 4.21 Å². The van der Waals surface area contributed by atoms with Gasteiger partial charge in [0.25, 0.3) is 0 Å². The second-order valence-electron chi connectivity index (χ2n) is 15.6. The largest absolute Gasteiger partial charge is 0.242 e. The van der Waals surface area contributed by atoms with Gasteiger partial charge in [0.2, 0.25) is 0 Å². The Morgan fingerprint density at radius 3 is 1.79 bits per heavy atom. The average molecular weight is 556 g/mol. The summed E-state index contributed by atoms with van der Waals surface area (Å²) >= 11 is 0. The molecule has 1 unspecified atom stereocenters. The van der Waals surface area contributed by atoms with Gasteiger partial charge in [-0.05, 0) is 82.3 Å². The van der Waals surface area contributed by atoms with Crippen molar-refractivity contribution in [3.63, 3.8) is 0 Å². The van der Waals surface area contributed by atoms with Crippen LogP contribution < -0.4 is 5.30 Å². The SMILES string of the molecule is CN(C(c1ccc2c(c1)C(C)(C)CCC2(C)C)c1ccccc1P(C(C)(C)C)C(C)(C)C)[S@](=O)C(C)(C)C. The monoisotopic (exact) mass is 555 g/mol. The van der Waals surface area contributed by atoms with Crippen molar-refractivity contribution in [1.82, 2.24) is 4.31 Å². The molecule has 0 aliphatic heterocycles. The van der Waals surface area contributed by atoms with Crippen LogP contribution in [-0.2, 0) is 21.8 Å². The Morgan fingerprint density at radius 1 is 0.789 bits per heavy atom. The molecular weight excluding hydrogens is 501 g/mol. The van der Waals surface area contributed by atoms with E-state index >= 15 is 0 Å². The van der Waals surface area contributed by atoms with Gasteiger partial charge in [-0.2, -0.15) is 0 Å². The highest BCUT2D eigenvalue weighted by Gasteiger charge is 2.41. The molecule has 0 spiro atoms. The van der Waals surface area contributed by atoms with E-state index in [0.29, 0.717) is 0 Å². The van der Waals surface area contributed by atoms with Crippen LogP contribution in [0.1, 0.15) is 131 Å². The van der Waals surface area contributed by atoms with Gasteiger partial charge in [-0.1, -0.05) is 120 Å². The molecule has 38 heavy (non-hydrogen) atoms. The van der Waals surface area contributed by atoms with Crippen molar-refractivity contribution < 1.29 is 4.21 Å². The van der Waals surface area contributed by atoms with Crippen molar-refractivity contribution in [2.24, 2.45) is 0 Å². The molecule has 3 rings (SSSR count). The van der Waals surface area contributed by atoms with Gasteiger partial charge in [-0.3, -0.25) is 0 Å². The fourth-order valence-corrected chi connectivity index (χ4v) is 12.0. The second kappa shape index (κ2) is 10.4. The summed E-state index contributed by atoms with van der Waals surface area (Å²) in [6, 6.07) is 16.1. The molecule has 0 aromatic heterocycles. The smallest absolute Gasteiger partial charge is 0.100 e. The second-order valence-corrected chi connectivity index (χ2v) is 21.8. The minimum absolute atomic E-state index is 0.0907. The Labute approximate surface area is 238 Å². The molecule has 0 heterocycles. The molecule has 2 aromatic rings. The summed E-state index contributed by atoms with van der Waals surface area (Å²) in [5.74, 6) is 0. The maximum atomic E-state index is 14.0. The van der Waals surface area contributed by atoms with E-state index in [0.717, 1.165) is 0 Å². The number of hydrogen-bond donors (Lipinski definition) is 0. The first-order valence-corrected chi connectivity index (χ1v) is 16.7. The van der Waals surface area contributed by atoms with Gasteiger partial charge in [0.15, 0.2) is 0 Å². The number of rotatable bonds is 5. The van der Waals surface area contributed by atoms with Gasteiger partial charge >= 0.3 is 0 Å². The summed E-state index contributed by atoms with van der Waals surface area (Å²) in [6.45, 7) is 30.1. The Bertz CT molecular complexity index is 1160. The lowest BCUT2D eigenvalue weighted by Gasteiger charge is -2.45. The molecule has 2 nitrogen and oxygen atoms in total. The molecule has 0 fully saturated rings. The maximum Gasteiger partial charge on any atom is 0.100 e. The van der Waals surface area contributed by atoms with Gasteiger partial charge in [-0.25, -0.2) is 8.51 Å². The normalized spacial score (nSPS) is 19.4. The van der Waals surface area contributed by atoms with Crippen molar-refractivity contribution in [3.8, 4) is 0 Å². The third-order valence-electron chi connectivity index (χ3n) is 8.16. The Hall–Kier alpha value is -1.02. The van der Waals surface area contributed by atoms with Crippen LogP contribution in [0.25, 0.3) is 0 Å². The molecule has 0 bridgehead atoms. The minimum atomic E-state index is -1.17. The molecule has 0 saturated carbocycles. The van der Waals surface area contributed by atoms with Gasteiger partial charge in [0.05, 0.1) is 10.8 Å². The highest BCUT2D eigenvalue weighted by molar-refractivity contribution is 7.84. The fourth-order valence-electron chi connectivity index (χ4n) is 6.54. The lowest BCUT2D eigenvalue weighted by atomic mass is 9.63. The summed E-state index contributed by atoms with van der Waals surface area (Å²) in [4.78, 5) is 0. The highest BCUT2D eigenvalue weighted by atomic mass is 32.2. The summed E-state index contributed by atoms with van der Waals surface area (Å²) in [6.07, 6.45) is 2.38. The molecule has 4 heteroatoms. The van der Waals surface area contributed by atoms with Gasteiger partial charge in [0, 0.05) is 7.05 Å². The van der Waals surface area contributed by atoms with Crippen molar-refractivity contribution in [2.45, 2.75) is 135 Å². The summed E-state index contributed by atoms with van der Waals surface area (Å²) in [5.41, 5.74) is 5.77. The molecule has 0 saturated heterocycles.